The van der Waals surface area contributed by atoms with Gasteiger partial charge in [-0.1, -0.05) is 25.1 Å². The molecule has 2 aromatic rings. The van der Waals surface area contributed by atoms with Crippen LogP contribution in [0.1, 0.15) is 18.9 Å². The Bertz CT molecular complexity index is 607. The highest BCUT2D eigenvalue weighted by Crippen LogP contribution is 2.33. The molecular formula is C13H14F2N4S. The molecule has 20 heavy (non-hydrogen) atoms. The van der Waals surface area contributed by atoms with Gasteiger partial charge < -0.3 is 5.43 Å². The second kappa shape index (κ2) is 6.62. The van der Waals surface area contributed by atoms with Crippen LogP contribution in [0.5, 0.6) is 0 Å². The maximum Gasteiger partial charge on any atom is 0.147 e. The molecule has 7 heteroatoms. The third-order valence-corrected chi connectivity index (χ3v) is 3.72. The standard InChI is InChI=1S/C13H14F2N4S/c1-2-3-9-12(19-16)17-7-18-13(9)20-11-6-8(14)4-5-10(11)15/h4-7H,2-3,16H2,1H3,(H,17,18,19). The van der Waals surface area contributed by atoms with Gasteiger partial charge in [-0.3, -0.25) is 0 Å². The first-order valence-electron chi connectivity index (χ1n) is 6.09. The maximum atomic E-state index is 13.7. The van der Waals surface area contributed by atoms with Gasteiger partial charge in [0.15, 0.2) is 0 Å². The molecule has 106 valence electrons. The zero-order valence-electron chi connectivity index (χ0n) is 10.9. The molecule has 0 atom stereocenters. The summed E-state index contributed by atoms with van der Waals surface area (Å²) in [5, 5.41) is 0.569. The predicted octanol–water partition coefficient (Wildman–Crippen LogP) is 3.14. The molecule has 0 fully saturated rings. The molecule has 0 unspecified atom stereocenters. The third-order valence-electron chi connectivity index (χ3n) is 2.64. The Balaban J connectivity index is 2.39. The number of nitrogen functional groups attached to an aromatic ring is 1. The number of rotatable bonds is 5. The fourth-order valence-corrected chi connectivity index (χ4v) is 2.71. The van der Waals surface area contributed by atoms with Gasteiger partial charge >= 0.3 is 0 Å². The lowest BCUT2D eigenvalue weighted by Crippen LogP contribution is -2.12. The number of hydrazine groups is 1. The second-order valence-corrected chi connectivity index (χ2v) is 5.11. The van der Waals surface area contributed by atoms with Crippen molar-refractivity contribution in [2.75, 3.05) is 5.43 Å². The van der Waals surface area contributed by atoms with E-state index in [0.717, 1.165) is 41.9 Å². The van der Waals surface area contributed by atoms with E-state index in [1.165, 1.54) is 6.33 Å². The Morgan fingerprint density at radius 1 is 1.30 bits per heavy atom. The molecule has 0 aliphatic heterocycles. The molecule has 1 heterocycles. The minimum absolute atomic E-state index is 0.184. The molecule has 0 amide bonds. The summed E-state index contributed by atoms with van der Waals surface area (Å²) < 4.78 is 26.9. The quantitative estimate of drug-likeness (QED) is 0.504. The van der Waals surface area contributed by atoms with Crippen molar-refractivity contribution < 1.29 is 8.78 Å². The molecule has 0 spiro atoms. The maximum absolute atomic E-state index is 13.7. The van der Waals surface area contributed by atoms with Gasteiger partial charge in [0.1, 0.15) is 28.8 Å². The highest BCUT2D eigenvalue weighted by molar-refractivity contribution is 7.99. The summed E-state index contributed by atoms with van der Waals surface area (Å²) in [5.41, 5.74) is 3.30. The van der Waals surface area contributed by atoms with Crippen LogP contribution in [0.15, 0.2) is 34.4 Å². The Labute approximate surface area is 119 Å². The van der Waals surface area contributed by atoms with E-state index in [1.807, 2.05) is 6.92 Å². The topological polar surface area (TPSA) is 63.8 Å². The normalized spacial score (nSPS) is 10.6. The van der Waals surface area contributed by atoms with Crippen LogP contribution in [0, 0.1) is 11.6 Å². The summed E-state index contributed by atoms with van der Waals surface area (Å²) in [6, 6.07) is 3.33. The fraction of sp³-hybridized carbons (Fsp3) is 0.231. The van der Waals surface area contributed by atoms with E-state index in [-0.39, 0.29) is 4.90 Å². The van der Waals surface area contributed by atoms with Crippen molar-refractivity contribution in [1.82, 2.24) is 9.97 Å². The van der Waals surface area contributed by atoms with Gasteiger partial charge in [0.05, 0.1) is 4.90 Å². The summed E-state index contributed by atoms with van der Waals surface area (Å²) in [5.74, 6) is 4.94. The molecule has 4 nitrogen and oxygen atoms in total. The smallest absolute Gasteiger partial charge is 0.147 e. The van der Waals surface area contributed by atoms with E-state index >= 15 is 0 Å². The van der Waals surface area contributed by atoms with Gasteiger partial charge in [-0.25, -0.2) is 24.6 Å². The number of nitrogens with one attached hydrogen (secondary N) is 1. The average Bonchev–Trinajstić information content (AvgIpc) is 2.45. The number of aromatic nitrogens is 2. The minimum Gasteiger partial charge on any atom is -0.308 e. The molecule has 3 N–H and O–H groups in total. The van der Waals surface area contributed by atoms with Gasteiger partial charge in [-0.05, 0) is 24.6 Å². The Morgan fingerprint density at radius 3 is 2.80 bits per heavy atom. The van der Waals surface area contributed by atoms with Crippen LogP contribution >= 0.6 is 11.8 Å². The molecule has 1 aromatic carbocycles. The van der Waals surface area contributed by atoms with E-state index in [9.17, 15) is 8.78 Å². The lowest BCUT2D eigenvalue weighted by atomic mass is 10.2. The number of nitrogens with zero attached hydrogens (tertiary/aromatic N) is 2. The van der Waals surface area contributed by atoms with Crippen LogP contribution in [0.4, 0.5) is 14.6 Å². The zero-order valence-corrected chi connectivity index (χ0v) is 11.7. The molecule has 0 aliphatic rings. The molecule has 1 aromatic heterocycles. The monoisotopic (exact) mass is 296 g/mol. The summed E-state index contributed by atoms with van der Waals surface area (Å²) in [7, 11) is 0. The average molecular weight is 296 g/mol. The highest BCUT2D eigenvalue weighted by Gasteiger charge is 2.14. The zero-order chi connectivity index (χ0) is 14.5. The molecule has 0 aliphatic carbocycles. The molecule has 0 bridgehead atoms. The fourth-order valence-electron chi connectivity index (χ4n) is 1.74. The van der Waals surface area contributed by atoms with Gasteiger partial charge in [-0.2, -0.15) is 0 Å². The second-order valence-electron chi connectivity index (χ2n) is 4.08. The van der Waals surface area contributed by atoms with Crippen molar-refractivity contribution >= 4 is 17.6 Å². The van der Waals surface area contributed by atoms with Crippen molar-refractivity contribution in [3.8, 4) is 0 Å². The Hall–Kier alpha value is -1.73. The number of hydrogen-bond acceptors (Lipinski definition) is 5. The van der Waals surface area contributed by atoms with E-state index in [4.69, 9.17) is 5.84 Å². The minimum atomic E-state index is -0.489. The Kier molecular flexibility index (Phi) is 4.86. The highest BCUT2D eigenvalue weighted by atomic mass is 32.2. The largest absolute Gasteiger partial charge is 0.308 e. The van der Waals surface area contributed by atoms with Crippen LogP contribution in [0.2, 0.25) is 0 Å². The first-order chi connectivity index (χ1) is 9.65. The van der Waals surface area contributed by atoms with Crippen molar-refractivity contribution in [1.29, 1.82) is 0 Å². The van der Waals surface area contributed by atoms with Crippen LogP contribution in [0.3, 0.4) is 0 Å². The van der Waals surface area contributed by atoms with Crippen molar-refractivity contribution in [2.24, 2.45) is 5.84 Å². The van der Waals surface area contributed by atoms with E-state index in [0.29, 0.717) is 17.3 Å². The summed E-state index contributed by atoms with van der Waals surface area (Å²) in [6.45, 7) is 2.00. The molecule has 0 saturated heterocycles. The van der Waals surface area contributed by atoms with Crippen LogP contribution in [-0.4, -0.2) is 9.97 Å². The predicted molar refractivity (Wildman–Crippen MR) is 74.3 cm³/mol. The number of halogens is 2. The van der Waals surface area contributed by atoms with E-state index < -0.39 is 11.6 Å². The lowest BCUT2D eigenvalue weighted by Gasteiger charge is -2.11. The lowest BCUT2D eigenvalue weighted by molar-refractivity contribution is 0.577. The van der Waals surface area contributed by atoms with Gasteiger partial charge in [-0.15, -0.1) is 0 Å². The number of benzene rings is 1. The molecule has 0 radical (unpaired) electrons. The summed E-state index contributed by atoms with van der Waals surface area (Å²) in [6.07, 6.45) is 2.90. The molecule has 2 rings (SSSR count). The Morgan fingerprint density at radius 2 is 2.10 bits per heavy atom. The first-order valence-corrected chi connectivity index (χ1v) is 6.90. The molecular weight excluding hydrogens is 282 g/mol. The van der Waals surface area contributed by atoms with Crippen LogP contribution in [-0.2, 0) is 6.42 Å². The van der Waals surface area contributed by atoms with Gasteiger partial charge in [0, 0.05) is 5.56 Å². The van der Waals surface area contributed by atoms with Gasteiger partial charge in [0.25, 0.3) is 0 Å². The van der Waals surface area contributed by atoms with Crippen LogP contribution in [0.25, 0.3) is 0 Å². The summed E-state index contributed by atoms with van der Waals surface area (Å²) >= 11 is 1.06. The van der Waals surface area contributed by atoms with Crippen molar-refractivity contribution in [3.63, 3.8) is 0 Å². The van der Waals surface area contributed by atoms with Crippen molar-refractivity contribution in [2.45, 2.75) is 29.7 Å². The number of hydrogen-bond donors (Lipinski definition) is 2. The van der Waals surface area contributed by atoms with Crippen LogP contribution < -0.4 is 11.3 Å². The third kappa shape index (κ3) is 3.23. The van der Waals surface area contributed by atoms with E-state index in [2.05, 4.69) is 15.4 Å². The first kappa shape index (κ1) is 14.7. The molecule has 0 saturated carbocycles. The SMILES string of the molecule is CCCc1c(NN)ncnc1Sc1cc(F)ccc1F. The number of anilines is 1. The van der Waals surface area contributed by atoms with Gasteiger partial charge in [0.2, 0.25) is 0 Å². The number of nitrogens with two attached hydrogens (primary N) is 1. The van der Waals surface area contributed by atoms with E-state index in [1.54, 1.807) is 0 Å². The summed E-state index contributed by atoms with van der Waals surface area (Å²) in [4.78, 5) is 8.35. The van der Waals surface area contributed by atoms with Crippen molar-refractivity contribution in [3.05, 3.63) is 41.7 Å².